The summed E-state index contributed by atoms with van der Waals surface area (Å²) in [4.78, 5) is 12.0. The van der Waals surface area contributed by atoms with E-state index in [2.05, 4.69) is 19.2 Å². The number of nitrogens with two attached hydrogens (primary N) is 1. The minimum Gasteiger partial charge on any atom is -0.349 e. The largest absolute Gasteiger partial charge is 0.349 e. The van der Waals surface area contributed by atoms with Crippen molar-refractivity contribution in [1.82, 2.24) is 5.32 Å². The highest BCUT2D eigenvalue weighted by atomic mass is 35.5. The molecule has 0 saturated heterocycles. The highest BCUT2D eigenvalue weighted by Crippen LogP contribution is 2.23. The number of benzene rings is 1. The van der Waals surface area contributed by atoms with Crippen molar-refractivity contribution in [3.63, 3.8) is 0 Å². The van der Waals surface area contributed by atoms with Gasteiger partial charge in [0.1, 0.15) is 0 Å². The van der Waals surface area contributed by atoms with E-state index in [1.807, 2.05) is 31.2 Å². The lowest BCUT2D eigenvalue weighted by atomic mass is 9.95. The van der Waals surface area contributed by atoms with Crippen LogP contribution in [-0.2, 0) is 4.79 Å². The number of carbonyl (C=O) groups excluding carboxylic acids is 1. The monoisotopic (exact) mass is 282 g/mol. The van der Waals surface area contributed by atoms with Crippen LogP contribution in [-0.4, -0.2) is 12.5 Å². The van der Waals surface area contributed by atoms with Gasteiger partial charge in [0, 0.05) is 11.4 Å². The highest BCUT2D eigenvalue weighted by Gasteiger charge is 2.19. The molecule has 2 atom stereocenters. The topological polar surface area (TPSA) is 55.1 Å². The summed E-state index contributed by atoms with van der Waals surface area (Å²) in [6, 6.07) is 7.62. The van der Waals surface area contributed by atoms with Crippen LogP contribution in [0.5, 0.6) is 0 Å². The predicted molar refractivity (Wildman–Crippen MR) is 80.0 cm³/mol. The number of halogens is 1. The maximum absolute atomic E-state index is 12.0. The number of carbonyl (C=O) groups is 1. The normalized spacial score (nSPS) is 14.2. The van der Waals surface area contributed by atoms with Gasteiger partial charge in [-0.1, -0.05) is 44.5 Å². The highest BCUT2D eigenvalue weighted by molar-refractivity contribution is 6.30. The maximum Gasteiger partial charge on any atom is 0.220 e. The van der Waals surface area contributed by atoms with E-state index in [0.717, 1.165) is 5.56 Å². The lowest BCUT2D eigenvalue weighted by Crippen LogP contribution is -2.33. The number of nitrogens with one attached hydrogen (secondary N) is 1. The molecule has 0 aromatic heterocycles. The summed E-state index contributed by atoms with van der Waals surface area (Å²) in [5.74, 6) is 0.572. The van der Waals surface area contributed by atoms with Crippen molar-refractivity contribution in [3.8, 4) is 0 Å². The van der Waals surface area contributed by atoms with Gasteiger partial charge in [-0.2, -0.15) is 0 Å². The molecule has 1 rings (SSSR count). The van der Waals surface area contributed by atoms with E-state index in [0.29, 0.717) is 23.9 Å². The smallest absolute Gasteiger partial charge is 0.220 e. The molecule has 2 unspecified atom stereocenters. The first kappa shape index (κ1) is 16.0. The fourth-order valence-corrected chi connectivity index (χ4v) is 2.06. The van der Waals surface area contributed by atoms with E-state index in [4.69, 9.17) is 17.3 Å². The summed E-state index contributed by atoms with van der Waals surface area (Å²) in [6.45, 7) is 6.69. The van der Waals surface area contributed by atoms with Crippen molar-refractivity contribution in [3.05, 3.63) is 34.9 Å². The van der Waals surface area contributed by atoms with Crippen molar-refractivity contribution in [2.75, 3.05) is 6.54 Å². The first-order valence-corrected chi connectivity index (χ1v) is 7.06. The van der Waals surface area contributed by atoms with E-state index >= 15 is 0 Å². The van der Waals surface area contributed by atoms with Crippen molar-refractivity contribution in [2.45, 2.75) is 33.2 Å². The van der Waals surface area contributed by atoms with Crippen LogP contribution < -0.4 is 11.1 Å². The fourth-order valence-electron chi connectivity index (χ4n) is 1.94. The molecule has 0 radical (unpaired) electrons. The van der Waals surface area contributed by atoms with Crippen molar-refractivity contribution in [2.24, 2.45) is 17.6 Å². The van der Waals surface area contributed by atoms with Gasteiger partial charge in [0.05, 0.1) is 6.04 Å². The Balaban J connectivity index is 2.73. The number of rotatable bonds is 6. The average molecular weight is 283 g/mol. The molecule has 1 aromatic carbocycles. The van der Waals surface area contributed by atoms with Gasteiger partial charge in [-0.25, -0.2) is 0 Å². The molecule has 0 spiro atoms. The van der Waals surface area contributed by atoms with Gasteiger partial charge in [-0.05, 0) is 36.1 Å². The number of amides is 1. The molecule has 0 aliphatic heterocycles. The summed E-state index contributed by atoms with van der Waals surface area (Å²) < 4.78 is 0. The van der Waals surface area contributed by atoms with Crippen LogP contribution >= 0.6 is 11.6 Å². The molecular weight excluding hydrogens is 260 g/mol. The molecule has 4 heteroatoms. The van der Waals surface area contributed by atoms with Gasteiger partial charge in [-0.3, -0.25) is 4.79 Å². The van der Waals surface area contributed by atoms with Crippen LogP contribution in [0.1, 0.15) is 38.8 Å². The second-order valence-electron chi connectivity index (χ2n) is 5.39. The number of hydrogen-bond acceptors (Lipinski definition) is 2. The molecule has 0 bridgehead atoms. The zero-order chi connectivity index (χ0) is 14.4. The first-order chi connectivity index (χ1) is 8.93. The Morgan fingerprint density at radius 1 is 1.26 bits per heavy atom. The van der Waals surface area contributed by atoms with Crippen LogP contribution in [0.3, 0.4) is 0 Å². The van der Waals surface area contributed by atoms with Gasteiger partial charge < -0.3 is 11.1 Å². The van der Waals surface area contributed by atoms with Gasteiger partial charge >= 0.3 is 0 Å². The summed E-state index contributed by atoms with van der Waals surface area (Å²) in [7, 11) is 0. The SMILES string of the molecule is CC(CN)CC(=O)NC(c1ccc(Cl)cc1)C(C)C. The minimum atomic E-state index is 0.00902. The van der Waals surface area contributed by atoms with Gasteiger partial charge in [-0.15, -0.1) is 0 Å². The Labute approximate surface area is 120 Å². The van der Waals surface area contributed by atoms with E-state index in [1.165, 1.54) is 0 Å². The van der Waals surface area contributed by atoms with Crippen LogP contribution in [0, 0.1) is 11.8 Å². The van der Waals surface area contributed by atoms with Gasteiger partial charge in [0.15, 0.2) is 0 Å². The van der Waals surface area contributed by atoms with Crippen LogP contribution in [0.2, 0.25) is 5.02 Å². The number of hydrogen-bond donors (Lipinski definition) is 2. The van der Waals surface area contributed by atoms with E-state index in [9.17, 15) is 4.79 Å². The molecule has 1 aromatic rings. The van der Waals surface area contributed by atoms with Crippen LogP contribution in [0.15, 0.2) is 24.3 Å². The second-order valence-corrected chi connectivity index (χ2v) is 5.82. The molecule has 0 aliphatic rings. The Morgan fingerprint density at radius 2 is 1.84 bits per heavy atom. The maximum atomic E-state index is 12.0. The van der Waals surface area contributed by atoms with Crippen molar-refractivity contribution in [1.29, 1.82) is 0 Å². The minimum absolute atomic E-state index is 0.00902. The van der Waals surface area contributed by atoms with Crippen molar-refractivity contribution < 1.29 is 4.79 Å². The molecule has 3 N–H and O–H groups in total. The average Bonchev–Trinajstić information content (AvgIpc) is 2.36. The zero-order valence-electron chi connectivity index (χ0n) is 11.8. The first-order valence-electron chi connectivity index (χ1n) is 6.69. The zero-order valence-corrected chi connectivity index (χ0v) is 12.6. The molecule has 0 fully saturated rings. The Kier molecular flexibility index (Phi) is 6.32. The molecule has 1 amide bonds. The molecule has 19 heavy (non-hydrogen) atoms. The second kappa shape index (κ2) is 7.51. The van der Waals surface area contributed by atoms with E-state index < -0.39 is 0 Å². The summed E-state index contributed by atoms with van der Waals surface area (Å²) in [6.07, 6.45) is 0.466. The third-order valence-corrected chi connectivity index (χ3v) is 3.40. The molecule has 0 saturated carbocycles. The van der Waals surface area contributed by atoms with Crippen LogP contribution in [0.25, 0.3) is 0 Å². The summed E-state index contributed by atoms with van der Waals surface area (Å²) in [5.41, 5.74) is 6.62. The standard InChI is InChI=1S/C15H23ClN2O/c1-10(2)15(12-4-6-13(16)7-5-12)18-14(19)8-11(3)9-17/h4-7,10-11,15H,8-9,17H2,1-3H3,(H,18,19). The molecule has 3 nitrogen and oxygen atoms in total. The summed E-state index contributed by atoms with van der Waals surface area (Å²) >= 11 is 5.89. The van der Waals surface area contributed by atoms with Gasteiger partial charge in [0.25, 0.3) is 0 Å². The molecule has 0 aliphatic carbocycles. The fraction of sp³-hybridized carbons (Fsp3) is 0.533. The lowest BCUT2D eigenvalue weighted by molar-refractivity contribution is -0.122. The molecular formula is C15H23ClN2O. The third-order valence-electron chi connectivity index (χ3n) is 3.15. The predicted octanol–water partition coefficient (Wildman–Crippen LogP) is 3.14. The Morgan fingerprint density at radius 3 is 2.32 bits per heavy atom. The summed E-state index contributed by atoms with van der Waals surface area (Å²) in [5, 5.41) is 3.78. The third kappa shape index (κ3) is 5.21. The van der Waals surface area contributed by atoms with Crippen molar-refractivity contribution >= 4 is 17.5 Å². The lowest BCUT2D eigenvalue weighted by Gasteiger charge is -2.23. The van der Waals surface area contributed by atoms with E-state index in [1.54, 1.807) is 0 Å². The van der Waals surface area contributed by atoms with Crippen LogP contribution in [0.4, 0.5) is 0 Å². The molecule has 0 heterocycles. The Hall–Kier alpha value is -1.06. The van der Waals surface area contributed by atoms with Gasteiger partial charge in [0.2, 0.25) is 5.91 Å². The van der Waals surface area contributed by atoms with E-state index in [-0.39, 0.29) is 17.9 Å². The molecule has 106 valence electrons. The Bertz CT molecular complexity index is 403. The quantitative estimate of drug-likeness (QED) is 0.842.